The average Bonchev–Trinajstić information content (AvgIpc) is 3.33. The van der Waals surface area contributed by atoms with E-state index in [4.69, 9.17) is 9.47 Å². The number of rotatable bonds is 7. The Bertz CT molecular complexity index is 1410. The van der Waals surface area contributed by atoms with E-state index >= 15 is 0 Å². The van der Waals surface area contributed by atoms with Crippen molar-refractivity contribution in [3.8, 4) is 22.6 Å². The number of ether oxygens (including phenoxy) is 2. The Morgan fingerprint density at radius 3 is 2.37 bits per heavy atom. The Morgan fingerprint density at radius 2 is 1.78 bits per heavy atom. The topological polar surface area (TPSA) is 97.2 Å². The molecule has 1 aliphatic heterocycles. The van der Waals surface area contributed by atoms with Crippen molar-refractivity contribution in [3.05, 3.63) is 71.6 Å². The Morgan fingerprint density at radius 1 is 1.10 bits per heavy atom. The van der Waals surface area contributed by atoms with Crippen LogP contribution in [0, 0.1) is 11.6 Å². The van der Waals surface area contributed by atoms with Crippen molar-refractivity contribution in [1.29, 1.82) is 0 Å². The maximum absolute atomic E-state index is 14.1. The number of aldehydes is 1. The number of para-hydroxylation sites is 1. The van der Waals surface area contributed by atoms with Crippen molar-refractivity contribution in [3.63, 3.8) is 0 Å². The molecule has 3 aromatic rings. The molecule has 2 heterocycles. The summed E-state index contributed by atoms with van der Waals surface area (Å²) in [5.74, 6) is -1.41. The molecule has 1 amide bonds. The third-order valence-corrected chi connectivity index (χ3v) is 6.63. The van der Waals surface area contributed by atoms with Crippen LogP contribution < -0.4 is 15.5 Å². The summed E-state index contributed by atoms with van der Waals surface area (Å²) in [5.41, 5.74) is 4.54. The summed E-state index contributed by atoms with van der Waals surface area (Å²) in [6.07, 6.45) is 3.76. The van der Waals surface area contributed by atoms with E-state index in [1.807, 2.05) is 31.5 Å². The van der Waals surface area contributed by atoms with Crippen LogP contribution in [-0.2, 0) is 4.74 Å². The molecule has 9 nitrogen and oxygen atoms in total. The van der Waals surface area contributed by atoms with Gasteiger partial charge in [-0.2, -0.15) is 5.10 Å². The van der Waals surface area contributed by atoms with Crippen molar-refractivity contribution in [2.75, 3.05) is 27.2 Å². The van der Waals surface area contributed by atoms with Crippen LogP contribution in [-0.4, -0.2) is 60.5 Å². The van der Waals surface area contributed by atoms with Crippen molar-refractivity contribution in [2.24, 2.45) is 5.10 Å². The summed E-state index contributed by atoms with van der Waals surface area (Å²) in [7, 11) is 3.36. The smallest absolute Gasteiger partial charge is 0.410 e. The largest absolute Gasteiger partial charge is 0.451 e. The molecule has 1 aliphatic rings. The van der Waals surface area contributed by atoms with Gasteiger partial charge >= 0.3 is 6.09 Å². The Labute approximate surface area is 238 Å². The minimum absolute atomic E-state index is 0.178. The third-order valence-electron chi connectivity index (χ3n) is 6.63. The number of amides is 1. The van der Waals surface area contributed by atoms with Gasteiger partial charge in [-0.3, -0.25) is 4.79 Å². The standard InChI is InChI=1S/C30H35F2N5O4/c1-30(2,3)41-29(39)36-15-7-8-20(16-36)37-17-22(26(25(37)18-38)28(33-4)35-34-5)19-11-13-21(14-12-19)40-27-23(31)9-6-10-24(27)32/h6,9-14,17-18,20,34H,7-8,15-16H2,1-5H3,(H,33,35). The lowest BCUT2D eigenvalue weighted by molar-refractivity contribution is 0.0172. The van der Waals surface area contributed by atoms with Gasteiger partial charge in [0.2, 0.25) is 0 Å². The van der Waals surface area contributed by atoms with Gasteiger partial charge < -0.3 is 29.7 Å². The van der Waals surface area contributed by atoms with Crippen molar-refractivity contribution in [1.82, 2.24) is 20.2 Å². The molecular formula is C30H35F2N5O4. The molecule has 0 aliphatic carbocycles. The average molecular weight is 568 g/mol. The van der Waals surface area contributed by atoms with Gasteiger partial charge in [-0.15, -0.1) is 0 Å². The number of hydrogen-bond donors (Lipinski definition) is 2. The highest BCUT2D eigenvalue weighted by molar-refractivity contribution is 6.09. The molecule has 0 bridgehead atoms. The van der Waals surface area contributed by atoms with E-state index in [-0.39, 0.29) is 11.8 Å². The Balaban J connectivity index is 1.72. The van der Waals surface area contributed by atoms with Crippen LogP contribution in [0.2, 0.25) is 0 Å². The highest BCUT2D eigenvalue weighted by Gasteiger charge is 2.31. The number of piperidine rings is 1. The van der Waals surface area contributed by atoms with Crippen LogP contribution in [0.3, 0.4) is 0 Å². The number of aromatic nitrogens is 1. The number of likely N-dealkylation sites (tertiary alicyclic amines) is 1. The Hall–Kier alpha value is -4.41. The van der Waals surface area contributed by atoms with E-state index in [1.165, 1.54) is 6.07 Å². The van der Waals surface area contributed by atoms with E-state index in [0.29, 0.717) is 35.7 Å². The molecule has 41 heavy (non-hydrogen) atoms. The van der Waals surface area contributed by atoms with Crippen LogP contribution in [0.4, 0.5) is 13.6 Å². The van der Waals surface area contributed by atoms with E-state index in [0.717, 1.165) is 36.8 Å². The van der Waals surface area contributed by atoms with E-state index in [9.17, 15) is 18.4 Å². The minimum Gasteiger partial charge on any atom is -0.451 e. The van der Waals surface area contributed by atoms with Crippen LogP contribution in [0.5, 0.6) is 11.5 Å². The van der Waals surface area contributed by atoms with Gasteiger partial charge in [-0.25, -0.2) is 13.6 Å². The van der Waals surface area contributed by atoms with E-state index in [1.54, 1.807) is 43.3 Å². The first-order valence-electron chi connectivity index (χ1n) is 13.4. The number of halogens is 2. The van der Waals surface area contributed by atoms with E-state index in [2.05, 4.69) is 15.8 Å². The molecule has 4 rings (SSSR count). The quantitative estimate of drug-likeness (QED) is 0.164. The number of nitrogens with one attached hydrogen (secondary N) is 2. The minimum atomic E-state index is -0.807. The van der Waals surface area contributed by atoms with Gasteiger partial charge in [-0.05, 0) is 63.4 Å². The van der Waals surface area contributed by atoms with Crippen molar-refractivity contribution >= 4 is 18.2 Å². The van der Waals surface area contributed by atoms with Crippen molar-refractivity contribution < 1.29 is 27.8 Å². The van der Waals surface area contributed by atoms with Crippen molar-refractivity contribution in [2.45, 2.75) is 45.3 Å². The summed E-state index contributed by atoms with van der Waals surface area (Å²) < 4.78 is 41.1. The summed E-state index contributed by atoms with van der Waals surface area (Å²) in [4.78, 5) is 27.0. The molecular weight excluding hydrogens is 532 g/mol. The lowest BCUT2D eigenvalue weighted by Crippen LogP contribution is -2.43. The third kappa shape index (κ3) is 6.67. The maximum atomic E-state index is 14.1. The van der Waals surface area contributed by atoms with Crippen LogP contribution in [0.25, 0.3) is 11.1 Å². The monoisotopic (exact) mass is 567 g/mol. The fourth-order valence-electron chi connectivity index (χ4n) is 4.85. The van der Waals surface area contributed by atoms with Gasteiger partial charge in [-0.1, -0.05) is 18.2 Å². The van der Waals surface area contributed by atoms with Gasteiger partial charge in [0, 0.05) is 38.9 Å². The molecule has 0 spiro atoms. The highest BCUT2D eigenvalue weighted by atomic mass is 19.1. The molecule has 1 atom stereocenters. The number of amidine groups is 1. The zero-order valence-electron chi connectivity index (χ0n) is 23.8. The van der Waals surface area contributed by atoms with Gasteiger partial charge in [0.1, 0.15) is 11.4 Å². The predicted molar refractivity (Wildman–Crippen MR) is 152 cm³/mol. The zero-order chi connectivity index (χ0) is 29.7. The lowest BCUT2D eigenvalue weighted by atomic mass is 10.0. The van der Waals surface area contributed by atoms with Crippen LogP contribution >= 0.6 is 0 Å². The summed E-state index contributed by atoms with van der Waals surface area (Å²) in [5, 5.41) is 7.39. The fraction of sp³-hybridized carbons (Fsp3) is 0.367. The second-order valence-electron chi connectivity index (χ2n) is 10.7. The highest BCUT2D eigenvalue weighted by Crippen LogP contribution is 2.35. The number of benzene rings is 2. The van der Waals surface area contributed by atoms with Gasteiger partial charge in [0.15, 0.2) is 29.5 Å². The number of carbonyl (C=O) groups excluding carboxylic acids is 2. The number of nitrogens with zero attached hydrogens (tertiary/aromatic N) is 3. The molecule has 2 N–H and O–H groups in total. The fourth-order valence-corrected chi connectivity index (χ4v) is 4.85. The maximum Gasteiger partial charge on any atom is 0.410 e. The molecule has 0 saturated carbocycles. The summed E-state index contributed by atoms with van der Waals surface area (Å²) in [6, 6.07) is 10.0. The van der Waals surface area contributed by atoms with Crippen LogP contribution in [0.1, 0.15) is 55.7 Å². The predicted octanol–water partition coefficient (Wildman–Crippen LogP) is 5.71. The van der Waals surface area contributed by atoms with Gasteiger partial charge in [0.25, 0.3) is 0 Å². The molecule has 1 aromatic heterocycles. The number of hydrazone groups is 1. The first-order chi connectivity index (χ1) is 19.6. The van der Waals surface area contributed by atoms with E-state index < -0.39 is 29.1 Å². The second kappa shape index (κ2) is 12.4. The number of hydrogen-bond acceptors (Lipinski definition) is 6. The second-order valence-corrected chi connectivity index (χ2v) is 10.7. The lowest BCUT2D eigenvalue weighted by Gasteiger charge is -2.35. The first kappa shape index (κ1) is 29.6. The molecule has 2 aromatic carbocycles. The summed E-state index contributed by atoms with van der Waals surface area (Å²) in [6.45, 7) is 6.42. The van der Waals surface area contributed by atoms with Gasteiger partial charge in [0.05, 0.1) is 17.3 Å². The molecule has 1 unspecified atom stereocenters. The summed E-state index contributed by atoms with van der Waals surface area (Å²) >= 11 is 0. The molecule has 0 radical (unpaired) electrons. The molecule has 1 fully saturated rings. The van der Waals surface area contributed by atoms with Crippen LogP contribution in [0.15, 0.2) is 53.8 Å². The first-order valence-corrected chi connectivity index (χ1v) is 13.4. The zero-order valence-corrected chi connectivity index (χ0v) is 23.8. The number of carbonyl (C=O) groups is 2. The molecule has 11 heteroatoms. The normalized spacial score (nSPS) is 15.8. The Kier molecular flexibility index (Phi) is 8.95. The molecule has 218 valence electrons. The SMILES string of the molecule is CN/N=C(/NC)c1c(-c2ccc(Oc3c(F)cccc3F)cc2)cn(C2CCCN(C(=O)OC(C)(C)C)C2)c1C=O. The molecule has 1 saturated heterocycles.